The molecule has 0 aliphatic heterocycles. The van der Waals surface area contributed by atoms with Gasteiger partial charge in [0.25, 0.3) is 0 Å². The maximum Gasteiger partial charge on any atom is 0.338 e. The summed E-state index contributed by atoms with van der Waals surface area (Å²) in [5.74, 6) is -0.701. The van der Waals surface area contributed by atoms with Crippen molar-refractivity contribution in [3.63, 3.8) is 0 Å². The molecule has 0 aliphatic rings. The quantitative estimate of drug-likeness (QED) is 0.0645. The zero-order valence-electron chi connectivity index (χ0n) is 24.2. The number of hydrogen-bond donors (Lipinski definition) is 5. The maximum absolute atomic E-state index is 11.1. The molecule has 0 spiro atoms. The number of carbonyl (C=O) groups excluding carboxylic acids is 1. The Labute approximate surface area is 246 Å². The first kappa shape index (κ1) is 36.0. The summed E-state index contributed by atoms with van der Waals surface area (Å²) in [7, 11) is -3.53. The summed E-state index contributed by atoms with van der Waals surface area (Å²) in [5, 5.41) is 19.5. The molecular formula is C28H42N4O9S. The SMILES string of the molecule is CC(C)(Oc1cccc(CCCCCOc2ccc(OS(C)(=O)=O)cc2)c1)C(=O)[O-].NC(N)=[NH+]CCCC(N)C(=O)O. The molecule has 8 N–H and O–H groups in total. The van der Waals surface area contributed by atoms with E-state index in [9.17, 15) is 23.1 Å². The zero-order chi connectivity index (χ0) is 31.8. The first-order valence-electron chi connectivity index (χ1n) is 13.3. The minimum atomic E-state index is -3.53. The molecular weight excluding hydrogens is 568 g/mol. The number of aliphatic carboxylic acids is 2. The molecule has 0 heterocycles. The molecule has 0 aliphatic carbocycles. The Balaban J connectivity index is 0.000000619. The fraction of sp³-hybridized carbons (Fsp3) is 0.464. The van der Waals surface area contributed by atoms with Crippen LogP contribution < -0.4 is 41.0 Å². The van der Waals surface area contributed by atoms with E-state index in [1.807, 2.05) is 18.2 Å². The van der Waals surface area contributed by atoms with Crippen molar-refractivity contribution in [3.8, 4) is 17.2 Å². The van der Waals surface area contributed by atoms with Crippen LogP contribution in [0, 0.1) is 0 Å². The highest BCUT2D eigenvalue weighted by molar-refractivity contribution is 7.86. The molecule has 0 aromatic heterocycles. The van der Waals surface area contributed by atoms with Gasteiger partial charge in [-0.05, 0) is 94.3 Å². The third-order valence-electron chi connectivity index (χ3n) is 5.55. The van der Waals surface area contributed by atoms with Crippen LogP contribution in [0.4, 0.5) is 0 Å². The van der Waals surface area contributed by atoms with Gasteiger partial charge in [-0.1, -0.05) is 12.1 Å². The van der Waals surface area contributed by atoms with Crippen LogP contribution in [0.25, 0.3) is 0 Å². The Morgan fingerprint density at radius 3 is 2.21 bits per heavy atom. The van der Waals surface area contributed by atoms with Gasteiger partial charge in [0.1, 0.15) is 28.9 Å². The van der Waals surface area contributed by atoms with Crippen LogP contribution in [0.2, 0.25) is 0 Å². The smallest absolute Gasteiger partial charge is 0.338 e. The Bertz CT molecular complexity index is 1260. The highest BCUT2D eigenvalue weighted by atomic mass is 32.2. The number of nitrogens with one attached hydrogen (secondary N) is 1. The number of guanidine groups is 1. The number of carboxylic acids is 2. The number of rotatable bonds is 17. The van der Waals surface area contributed by atoms with E-state index in [1.165, 1.54) is 13.8 Å². The second-order valence-electron chi connectivity index (χ2n) is 9.93. The lowest BCUT2D eigenvalue weighted by Crippen LogP contribution is -2.78. The minimum absolute atomic E-state index is 0.138. The van der Waals surface area contributed by atoms with Gasteiger partial charge < -0.3 is 34.4 Å². The highest BCUT2D eigenvalue weighted by Crippen LogP contribution is 2.21. The van der Waals surface area contributed by atoms with Gasteiger partial charge in [-0.3, -0.25) is 21.3 Å². The van der Waals surface area contributed by atoms with Crippen molar-refractivity contribution in [3.05, 3.63) is 54.1 Å². The van der Waals surface area contributed by atoms with Crippen LogP contribution in [0.5, 0.6) is 17.2 Å². The number of nitrogens with two attached hydrogens (primary N) is 3. The average Bonchev–Trinajstić information content (AvgIpc) is 2.88. The van der Waals surface area contributed by atoms with Crippen molar-refractivity contribution in [2.24, 2.45) is 17.2 Å². The third-order valence-corrected chi connectivity index (χ3v) is 6.05. The standard InChI is InChI=1S/C22H28O7S.C6H14N4O2/c1-22(2,21(23)24)28-20-10-7-9-17(16-20)8-5-4-6-15-27-18-11-13-19(14-12-18)29-30(3,25)26;7-4(5(11)12)2-1-3-10-6(8)9/h7,9-14,16H,4-6,8,15H2,1-3H3,(H,23,24);4H,1-3,7H2,(H,11,12)(H4,8,9,10). The van der Waals surface area contributed by atoms with Crippen molar-refractivity contribution in [2.75, 3.05) is 19.4 Å². The van der Waals surface area contributed by atoms with Gasteiger partial charge in [0.05, 0.1) is 25.4 Å². The molecule has 2 aromatic carbocycles. The minimum Gasteiger partial charge on any atom is -0.546 e. The summed E-state index contributed by atoms with van der Waals surface area (Å²) in [4.78, 5) is 24.0. The second kappa shape index (κ2) is 17.7. The van der Waals surface area contributed by atoms with Crippen LogP contribution in [0.15, 0.2) is 48.5 Å². The van der Waals surface area contributed by atoms with Gasteiger partial charge in [-0.15, -0.1) is 0 Å². The van der Waals surface area contributed by atoms with Gasteiger partial charge >= 0.3 is 22.0 Å². The lowest BCUT2D eigenvalue weighted by molar-refractivity contribution is -0.459. The molecule has 13 nitrogen and oxygen atoms in total. The summed E-state index contributed by atoms with van der Waals surface area (Å²) in [6.45, 7) is 4.01. The molecule has 0 fully saturated rings. The monoisotopic (exact) mass is 610 g/mol. The molecule has 234 valence electrons. The van der Waals surface area contributed by atoms with E-state index in [0.717, 1.165) is 37.5 Å². The third kappa shape index (κ3) is 16.3. The van der Waals surface area contributed by atoms with E-state index in [0.29, 0.717) is 37.5 Å². The van der Waals surface area contributed by atoms with Crippen LogP contribution in [0.1, 0.15) is 51.5 Å². The topological polar surface area (TPSA) is 231 Å². The molecule has 1 unspecified atom stereocenters. The van der Waals surface area contributed by atoms with E-state index < -0.39 is 33.7 Å². The van der Waals surface area contributed by atoms with E-state index in [4.69, 9.17) is 36.0 Å². The molecule has 42 heavy (non-hydrogen) atoms. The van der Waals surface area contributed by atoms with Gasteiger partial charge in [0.2, 0.25) is 0 Å². The van der Waals surface area contributed by atoms with Crippen molar-refractivity contribution in [1.29, 1.82) is 0 Å². The average molecular weight is 611 g/mol. The van der Waals surface area contributed by atoms with Crippen LogP contribution in [0.3, 0.4) is 0 Å². The molecule has 2 aromatic rings. The van der Waals surface area contributed by atoms with Crippen molar-refractivity contribution < 1.29 is 46.9 Å². The van der Waals surface area contributed by atoms with Gasteiger partial charge in [0.15, 0.2) is 0 Å². The number of unbranched alkanes of at least 4 members (excludes halogenated alkanes) is 2. The zero-order valence-corrected chi connectivity index (χ0v) is 25.0. The molecule has 14 heteroatoms. The number of carbonyl (C=O) groups is 2. The largest absolute Gasteiger partial charge is 0.546 e. The van der Waals surface area contributed by atoms with Gasteiger partial charge in [-0.25, -0.2) is 0 Å². The van der Waals surface area contributed by atoms with E-state index in [2.05, 4.69) is 4.99 Å². The lowest BCUT2D eigenvalue weighted by atomic mass is 10.1. The summed E-state index contributed by atoms with van der Waals surface area (Å²) < 4.78 is 38.1. The van der Waals surface area contributed by atoms with Crippen LogP contribution in [-0.4, -0.2) is 62.5 Å². The normalized spacial score (nSPS) is 11.8. The van der Waals surface area contributed by atoms with Crippen molar-refractivity contribution in [1.82, 2.24) is 0 Å². The van der Waals surface area contributed by atoms with Gasteiger partial charge in [-0.2, -0.15) is 8.42 Å². The summed E-state index contributed by atoms with van der Waals surface area (Å²) in [5.41, 5.74) is 15.1. The first-order chi connectivity index (χ1) is 19.6. The summed E-state index contributed by atoms with van der Waals surface area (Å²) in [6.07, 6.45) is 5.68. The number of ether oxygens (including phenoxy) is 2. The predicted molar refractivity (Wildman–Crippen MR) is 155 cm³/mol. The fourth-order valence-corrected chi connectivity index (χ4v) is 3.80. The summed E-state index contributed by atoms with van der Waals surface area (Å²) >= 11 is 0. The second-order valence-corrected chi connectivity index (χ2v) is 11.5. The molecule has 0 radical (unpaired) electrons. The lowest BCUT2D eigenvalue weighted by Gasteiger charge is -2.27. The molecule has 1 atom stereocenters. The fourth-order valence-electron chi connectivity index (χ4n) is 3.34. The highest BCUT2D eigenvalue weighted by Gasteiger charge is 2.21. The molecule has 2 rings (SSSR count). The molecule has 0 saturated carbocycles. The van der Waals surface area contributed by atoms with E-state index in [-0.39, 0.29) is 11.7 Å². The Morgan fingerprint density at radius 1 is 1.00 bits per heavy atom. The van der Waals surface area contributed by atoms with E-state index >= 15 is 0 Å². The number of carboxylic acid groups (broad SMARTS) is 2. The van der Waals surface area contributed by atoms with Crippen LogP contribution in [-0.2, 0) is 26.1 Å². The molecule has 0 bridgehead atoms. The predicted octanol–water partition coefficient (Wildman–Crippen LogP) is -0.743. The van der Waals surface area contributed by atoms with E-state index in [1.54, 1.807) is 30.3 Å². The van der Waals surface area contributed by atoms with Crippen LogP contribution >= 0.6 is 0 Å². The first-order valence-corrected chi connectivity index (χ1v) is 15.1. The maximum atomic E-state index is 11.1. The Hall–Kier alpha value is -4.04. The number of hydrogen-bond acceptors (Lipinski definition) is 9. The molecule has 0 amide bonds. The van der Waals surface area contributed by atoms with Crippen molar-refractivity contribution >= 4 is 28.0 Å². The number of aryl methyl sites for hydroxylation is 1. The number of benzene rings is 2. The van der Waals surface area contributed by atoms with Crippen molar-refractivity contribution in [2.45, 2.75) is 64.0 Å². The Kier molecular flexibility index (Phi) is 15.2. The summed E-state index contributed by atoms with van der Waals surface area (Å²) in [6, 6.07) is 13.0. The van der Waals surface area contributed by atoms with Gasteiger partial charge in [0, 0.05) is 0 Å². The molecule has 0 saturated heterocycles. The Morgan fingerprint density at radius 2 is 1.64 bits per heavy atom.